The quantitative estimate of drug-likeness (QED) is 0.883. The summed E-state index contributed by atoms with van der Waals surface area (Å²) in [6.07, 6.45) is 0. The van der Waals surface area contributed by atoms with Crippen LogP contribution in [-0.4, -0.2) is 12.5 Å². The molecular formula is C19H24FNO2. The monoisotopic (exact) mass is 317 g/mol. The highest BCUT2D eigenvalue weighted by molar-refractivity contribution is 5.89. The number of hydrogen-bond donors (Lipinski definition) is 1. The lowest BCUT2D eigenvalue weighted by molar-refractivity contribution is -0.114. The Morgan fingerprint density at radius 2 is 1.83 bits per heavy atom. The van der Waals surface area contributed by atoms with Gasteiger partial charge in [-0.1, -0.05) is 18.2 Å². The van der Waals surface area contributed by atoms with Gasteiger partial charge >= 0.3 is 0 Å². The van der Waals surface area contributed by atoms with Crippen LogP contribution in [0.15, 0.2) is 36.4 Å². The van der Waals surface area contributed by atoms with E-state index in [4.69, 9.17) is 4.74 Å². The first-order chi connectivity index (χ1) is 10.8. The lowest BCUT2D eigenvalue weighted by Gasteiger charge is -2.12. The fraction of sp³-hybridized carbons (Fsp3) is 0.316. The molecule has 0 fully saturated rings. The summed E-state index contributed by atoms with van der Waals surface area (Å²) in [5, 5.41) is 2.78. The first kappa shape index (κ1) is 18.7. The predicted molar refractivity (Wildman–Crippen MR) is 92.5 cm³/mol. The molecule has 2 aromatic carbocycles. The van der Waals surface area contributed by atoms with Crippen LogP contribution in [0.4, 0.5) is 10.1 Å². The molecule has 0 spiro atoms. The van der Waals surface area contributed by atoms with Crippen molar-refractivity contribution in [3.05, 3.63) is 58.9 Å². The molecule has 0 radical (unpaired) electrons. The second-order valence-electron chi connectivity index (χ2n) is 5.35. The summed E-state index contributed by atoms with van der Waals surface area (Å²) in [4.78, 5) is 11.0. The predicted octanol–water partition coefficient (Wildman–Crippen LogP) is 4.79. The number of benzene rings is 2. The average Bonchev–Trinajstić information content (AvgIpc) is 2.44. The number of amides is 1. The van der Waals surface area contributed by atoms with Gasteiger partial charge in [0.25, 0.3) is 0 Å². The van der Waals surface area contributed by atoms with Crippen molar-refractivity contribution in [3.63, 3.8) is 0 Å². The molecule has 0 saturated heterocycles. The Balaban J connectivity index is 0.000000277. The molecule has 0 atom stereocenters. The van der Waals surface area contributed by atoms with Crippen LogP contribution in [0, 0.1) is 26.6 Å². The van der Waals surface area contributed by atoms with E-state index >= 15 is 0 Å². The van der Waals surface area contributed by atoms with Gasteiger partial charge in [0.1, 0.15) is 11.6 Å². The van der Waals surface area contributed by atoms with Gasteiger partial charge in [0.2, 0.25) is 5.91 Å². The molecule has 0 aromatic heterocycles. The molecule has 0 aliphatic rings. The molecule has 0 aliphatic carbocycles. The molecule has 4 heteroatoms. The van der Waals surface area contributed by atoms with Crippen molar-refractivity contribution in [2.24, 2.45) is 0 Å². The maximum atomic E-state index is 12.2. The number of nitrogens with one attached hydrogen (secondary N) is 1. The molecule has 124 valence electrons. The Morgan fingerprint density at radius 3 is 2.30 bits per heavy atom. The average molecular weight is 317 g/mol. The number of rotatable bonds is 3. The van der Waals surface area contributed by atoms with E-state index in [0.717, 1.165) is 28.1 Å². The second kappa shape index (κ2) is 8.93. The van der Waals surface area contributed by atoms with Crippen molar-refractivity contribution in [3.8, 4) is 5.75 Å². The van der Waals surface area contributed by atoms with Gasteiger partial charge in [0.05, 0.1) is 6.61 Å². The van der Waals surface area contributed by atoms with Crippen LogP contribution >= 0.6 is 0 Å². The van der Waals surface area contributed by atoms with E-state index in [2.05, 4.69) is 5.32 Å². The topological polar surface area (TPSA) is 38.3 Å². The van der Waals surface area contributed by atoms with Crippen molar-refractivity contribution in [2.45, 2.75) is 34.6 Å². The Labute approximate surface area is 137 Å². The van der Waals surface area contributed by atoms with Gasteiger partial charge in [-0.2, -0.15) is 0 Å². The summed E-state index contributed by atoms with van der Waals surface area (Å²) in [7, 11) is 0. The SMILES string of the molecule is CCOc1cc(NC(C)=O)c(C)cc1C.Cc1cccc(F)c1. The number of aryl methyl sites for hydroxylation is 3. The number of ether oxygens (including phenoxy) is 1. The molecule has 23 heavy (non-hydrogen) atoms. The molecule has 2 aromatic rings. The Bertz CT molecular complexity index is 651. The number of carbonyl (C=O) groups excluding carboxylic acids is 1. The summed E-state index contributed by atoms with van der Waals surface area (Å²) in [6, 6.07) is 10.4. The second-order valence-corrected chi connectivity index (χ2v) is 5.35. The van der Waals surface area contributed by atoms with E-state index in [-0.39, 0.29) is 11.7 Å². The van der Waals surface area contributed by atoms with Crippen LogP contribution in [0.5, 0.6) is 5.75 Å². The summed E-state index contributed by atoms with van der Waals surface area (Å²) >= 11 is 0. The van der Waals surface area contributed by atoms with Crippen LogP contribution in [0.25, 0.3) is 0 Å². The third-order valence-electron chi connectivity index (χ3n) is 3.11. The summed E-state index contributed by atoms with van der Waals surface area (Å²) in [6.45, 7) is 9.90. The minimum Gasteiger partial charge on any atom is -0.494 e. The van der Waals surface area contributed by atoms with Gasteiger partial charge < -0.3 is 10.1 Å². The van der Waals surface area contributed by atoms with E-state index in [1.54, 1.807) is 6.07 Å². The first-order valence-corrected chi connectivity index (χ1v) is 7.57. The van der Waals surface area contributed by atoms with Crippen LogP contribution < -0.4 is 10.1 Å². The third-order valence-corrected chi connectivity index (χ3v) is 3.11. The molecule has 0 bridgehead atoms. The largest absolute Gasteiger partial charge is 0.494 e. The minimum absolute atomic E-state index is 0.0654. The zero-order chi connectivity index (χ0) is 17.4. The lowest BCUT2D eigenvalue weighted by Crippen LogP contribution is -2.08. The zero-order valence-electron chi connectivity index (χ0n) is 14.4. The molecule has 0 saturated carbocycles. The van der Waals surface area contributed by atoms with Crippen molar-refractivity contribution >= 4 is 11.6 Å². The van der Waals surface area contributed by atoms with E-state index in [1.807, 2.05) is 45.9 Å². The highest BCUT2D eigenvalue weighted by Crippen LogP contribution is 2.26. The van der Waals surface area contributed by atoms with E-state index < -0.39 is 0 Å². The Hall–Kier alpha value is -2.36. The third kappa shape index (κ3) is 6.51. The van der Waals surface area contributed by atoms with Crippen molar-refractivity contribution in [1.82, 2.24) is 0 Å². The van der Waals surface area contributed by atoms with Crippen LogP contribution in [-0.2, 0) is 4.79 Å². The van der Waals surface area contributed by atoms with Gasteiger partial charge in [-0.3, -0.25) is 4.79 Å². The van der Waals surface area contributed by atoms with Crippen molar-refractivity contribution < 1.29 is 13.9 Å². The summed E-state index contributed by atoms with van der Waals surface area (Å²) in [5.74, 6) is 0.598. The molecule has 3 nitrogen and oxygen atoms in total. The van der Waals surface area contributed by atoms with Crippen molar-refractivity contribution in [1.29, 1.82) is 0 Å². The van der Waals surface area contributed by atoms with E-state index in [0.29, 0.717) is 6.61 Å². The number of hydrogen-bond acceptors (Lipinski definition) is 2. The fourth-order valence-corrected chi connectivity index (χ4v) is 2.07. The number of halogens is 1. The van der Waals surface area contributed by atoms with Crippen molar-refractivity contribution in [2.75, 3.05) is 11.9 Å². The minimum atomic E-state index is -0.162. The lowest BCUT2D eigenvalue weighted by atomic mass is 10.1. The Kier molecular flexibility index (Phi) is 7.26. The van der Waals surface area contributed by atoms with Crippen LogP contribution in [0.2, 0.25) is 0 Å². The molecule has 2 rings (SSSR count). The van der Waals surface area contributed by atoms with Gasteiger partial charge in [-0.05, 0) is 56.5 Å². The summed E-state index contributed by atoms with van der Waals surface area (Å²) < 4.78 is 17.6. The van der Waals surface area contributed by atoms with E-state index in [9.17, 15) is 9.18 Å². The highest BCUT2D eigenvalue weighted by Gasteiger charge is 2.06. The molecular weight excluding hydrogens is 293 g/mol. The molecule has 0 heterocycles. The van der Waals surface area contributed by atoms with Gasteiger partial charge in [-0.15, -0.1) is 0 Å². The summed E-state index contributed by atoms with van der Waals surface area (Å²) in [5.41, 5.74) is 3.91. The molecule has 1 amide bonds. The highest BCUT2D eigenvalue weighted by atomic mass is 19.1. The normalized spacial score (nSPS) is 9.65. The van der Waals surface area contributed by atoms with Gasteiger partial charge in [0, 0.05) is 18.7 Å². The number of carbonyl (C=O) groups is 1. The first-order valence-electron chi connectivity index (χ1n) is 7.57. The number of anilines is 1. The van der Waals surface area contributed by atoms with Gasteiger partial charge in [-0.25, -0.2) is 4.39 Å². The fourth-order valence-electron chi connectivity index (χ4n) is 2.07. The van der Waals surface area contributed by atoms with Crippen LogP contribution in [0.1, 0.15) is 30.5 Å². The molecule has 0 unspecified atom stereocenters. The van der Waals surface area contributed by atoms with E-state index in [1.165, 1.54) is 19.1 Å². The smallest absolute Gasteiger partial charge is 0.221 e. The maximum Gasteiger partial charge on any atom is 0.221 e. The molecule has 1 N–H and O–H groups in total. The maximum absolute atomic E-state index is 12.2. The van der Waals surface area contributed by atoms with Gasteiger partial charge in [0.15, 0.2) is 0 Å². The molecule has 0 aliphatic heterocycles. The Morgan fingerprint density at radius 1 is 1.13 bits per heavy atom. The standard InChI is InChI=1S/C12H17NO2.C7H7F/c1-5-15-12-7-11(13-10(4)14)8(2)6-9(12)3;1-6-3-2-4-7(8)5-6/h6-7H,5H2,1-4H3,(H,13,14);2-5H,1H3. The zero-order valence-corrected chi connectivity index (χ0v) is 14.4. The van der Waals surface area contributed by atoms with Crippen LogP contribution in [0.3, 0.4) is 0 Å².